The molecule has 1 aromatic carbocycles. The van der Waals surface area contributed by atoms with Crippen LogP contribution in [0.25, 0.3) is 22.3 Å². The molecule has 2 aromatic heterocycles. The molecule has 3 aromatic rings. The Morgan fingerprint density at radius 2 is 2.17 bits per heavy atom. The van der Waals surface area contributed by atoms with Crippen LogP contribution in [0.15, 0.2) is 35.4 Å². The predicted octanol–water partition coefficient (Wildman–Crippen LogP) is 1.63. The van der Waals surface area contributed by atoms with Crippen molar-refractivity contribution in [2.75, 3.05) is 0 Å². The van der Waals surface area contributed by atoms with Crippen LogP contribution in [0.4, 0.5) is 0 Å². The van der Waals surface area contributed by atoms with Crippen molar-refractivity contribution in [3.8, 4) is 11.4 Å². The Hall–Kier alpha value is -2.43. The van der Waals surface area contributed by atoms with Crippen LogP contribution >= 0.6 is 0 Å². The quantitative estimate of drug-likeness (QED) is 0.703. The first-order chi connectivity index (χ1) is 8.65. The molecule has 0 unspecified atom stereocenters. The van der Waals surface area contributed by atoms with Gasteiger partial charge in [-0.1, -0.05) is 12.1 Å². The normalized spacial score (nSPS) is 11.0. The lowest BCUT2D eigenvalue weighted by molar-refractivity contribution is 0.768. The van der Waals surface area contributed by atoms with Gasteiger partial charge in [-0.15, -0.1) is 0 Å². The maximum absolute atomic E-state index is 12.0. The second kappa shape index (κ2) is 3.80. The Morgan fingerprint density at radius 3 is 2.89 bits per heavy atom. The smallest absolute Gasteiger partial charge is 0.259 e. The summed E-state index contributed by atoms with van der Waals surface area (Å²) < 4.78 is 1.68. The highest BCUT2D eigenvalue weighted by Gasteiger charge is 2.08. The van der Waals surface area contributed by atoms with Gasteiger partial charge in [0.2, 0.25) is 0 Å². The lowest BCUT2D eigenvalue weighted by Gasteiger charge is -2.02. The molecule has 0 saturated heterocycles. The fraction of sp³-hybridized carbons (Fsp3) is 0.154. The van der Waals surface area contributed by atoms with E-state index in [1.807, 2.05) is 32.3 Å². The third-order valence-electron chi connectivity index (χ3n) is 2.92. The van der Waals surface area contributed by atoms with E-state index in [2.05, 4.69) is 15.1 Å². The average Bonchev–Trinajstić information content (AvgIpc) is 2.77. The van der Waals surface area contributed by atoms with Gasteiger partial charge in [0.05, 0.1) is 22.7 Å². The van der Waals surface area contributed by atoms with Gasteiger partial charge < -0.3 is 4.98 Å². The first-order valence-electron chi connectivity index (χ1n) is 5.64. The fourth-order valence-corrected chi connectivity index (χ4v) is 1.99. The minimum atomic E-state index is -0.123. The molecule has 0 bridgehead atoms. The number of rotatable bonds is 1. The topological polar surface area (TPSA) is 63.6 Å². The van der Waals surface area contributed by atoms with E-state index in [-0.39, 0.29) is 5.56 Å². The molecule has 3 rings (SSSR count). The summed E-state index contributed by atoms with van der Waals surface area (Å²) in [6.07, 6.45) is 3.50. The third kappa shape index (κ3) is 1.60. The molecule has 0 amide bonds. The molecule has 0 aliphatic heterocycles. The number of benzene rings is 1. The lowest BCUT2D eigenvalue weighted by atomic mass is 10.1. The molecule has 0 atom stereocenters. The van der Waals surface area contributed by atoms with Crippen LogP contribution < -0.4 is 5.56 Å². The van der Waals surface area contributed by atoms with Gasteiger partial charge in [0.15, 0.2) is 0 Å². The second-order valence-corrected chi connectivity index (χ2v) is 4.29. The highest BCUT2D eigenvalue weighted by atomic mass is 16.1. The molecule has 1 N–H and O–H groups in total. The number of nitrogens with zero attached hydrogens (tertiary/aromatic N) is 3. The molecule has 0 radical (unpaired) electrons. The van der Waals surface area contributed by atoms with Crippen molar-refractivity contribution in [1.29, 1.82) is 0 Å². The number of H-pyrrole nitrogens is 1. The zero-order valence-corrected chi connectivity index (χ0v) is 10.1. The molecule has 5 heteroatoms. The van der Waals surface area contributed by atoms with Gasteiger partial charge >= 0.3 is 0 Å². The third-order valence-corrected chi connectivity index (χ3v) is 2.92. The van der Waals surface area contributed by atoms with Crippen LogP contribution in [0.2, 0.25) is 0 Å². The predicted molar refractivity (Wildman–Crippen MR) is 69.3 cm³/mol. The molecule has 0 saturated carbocycles. The molecule has 5 nitrogen and oxygen atoms in total. The molecule has 90 valence electrons. The van der Waals surface area contributed by atoms with Gasteiger partial charge in [0.25, 0.3) is 5.56 Å². The van der Waals surface area contributed by atoms with E-state index in [4.69, 9.17) is 0 Å². The Morgan fingerprint density at radius 1 is 1.33 bits per heavy atom. The van der Waals surface area contributed by atoms with E-state index >= 15 is 0 Å². The van der Waals surface area contributed by atoms with Gasteiger partial charge in [0.1, 0.15) is 5.82 Å². The van der Waals surface area contributed by atoms with Gasteiger partial charge in [-0.05, 0) is 18.6 Å². The Bertz CT molecular complexity index is 785. The van der Waals surface area contributed by atoms with Crippen LogP contribution in [0, 0.1) is 6.92 Å². The number of hydrogen-bond donors (Lipinski definition) is 1. The number of nitrogens with one attached hydrogen (secondary N) is 1. The van der Waals surface area contributed by atoms with Crippen LogP contribution in [0.5, 0.6) is 0 Å². The Kier molecular flexibility index (Phi) is 2.26. The molecular formula is C13H12N4O. The van der Waals surface area contributed by atoms with E-state index in [0.717, 1.165) is 16.6 Å². The van der Waals surface area contributed by atoms with Crippen molar-refractivity contribution in [3.63, 3.8) is 0 Å². The number of aromatic nitrogens is 4. The fourth-order valence-electron chi connectivity index (χ4n) is 1.99. The van der Waals surface area contributed by atoms with E-state index in [0.29, 0.717) is 11.2 Å². The van der Waals surface area contributed by atoms with Crippen molar-refractivity contribution in [2.24, 2.45) is 7.05 Å². The van der Waals surface area contributed by atoms with Gasteiger partial charge in [-0.25, -0.2) is 4.98 Å². The van der Waals surface area contributed by atoms with Crippen LogP contribution in [-0.4, -0.2) is 19.7 Å². The summed E-state index contributed by atoms with van der Waals surface area (Å²) in [5.74, 6) is 0.551. The lowest BCUT2D eigenvalue weighted by Crippen LogP contribution is -2.09. The molecule has 0 fully saturated rings. The SMILES string of the molecule is Cc1cccc2c(=O)[nH]c(-c3cnn(C)c3)nc12. The average molecular weight is 240 g/mol. The molecule has 18 heavy (non-hydrogen) atoms. The van der Waals surface area contributed by atoms with E-state index in [9.17, 15) is 4.79 Å². The minimum absolute atomic E-state index is 0.123. The number of para-hydroxylation sites is 1. The highest BCUT2D eigenvalue weighted by Crippen LogP contribution is 2.17. The maximum atomic E-state index is 12.0. The van der Waals surface area contributed by atoms with Crippen molar-refractivity contribution in [1.82, 2.24) is 19.7 Å². The van der Waals surface area contributed by atoms with Crippen LogP contribution in [0.3, 0.4) is 0 Å². The van der Waals surface area contributed by atoms with E-state index in [1.165, 1.54) is 0 Å². The second-order valence-electron chi connectivity index (χ2n) is 4.29. The van der Waals surface area contributed by atoms with E-state index in [1.54, 1.807) is 16.9 Å². The Labute approximate surface area is 103 Å². The van der Waals surface area contributed by atoms with Gasteiger partial charge in [0, 0.05) is 13.2 Å². The van der Waals surface area contributed by atoms with Crippen LogP contribution in [0.1, 0.15) is 5.56 Å². The number of aromatic amines is 1. The summed E-state index contributed by atoms with van der Waals surface area (Å²) in [4.78, 5) is 19.3. The summed E-state index contributed by atoms with van der Waals surface area (Å²) in [7, 11) is 1.83. The standard InChI is InChI=1S/C13H12N4O/c1-8-4-3-5-10-11(8)15-12(16-13(10)18)9-6-14-17(2)7-9/h3-7H,1-2H3,(H,15,16,18). The van der Waals surface area contributed by atoms with Crippen LogP contribution in [-0.2, 0) is 7.05 Å². The maximum Gasteiger partial charge on any atom is 0.259 e. The molecule has 0 aliphatic carbocycles. The zero-order valence-electron chi connectivity index (χ0n) is 10.1. The van der Waals surface area contributed by atoms with Crippen molar-refractivity contribution in [3.05, 3.63) is 46.5 Å². The summed E-state index contributed by atoms with van der Waals surface area (Å²) in [6.45, 7) is 1.95. The number of hydrogen-bond acceptors (Lipinski definition) is 3. The van der Waals surface area contributed by atoms with Gasteiger partial charge in [-0.2, -0.15) is 5.10 Å². The monoisotopic (exact) mass is 240 g/mol. The van der Waals surface area contributed by atoms with Crippen molar-refractivity contribution in [2.45, 2.75) is 6.92 Å². The molecule has 0 aliphatic rings. The molecule has 0 spiro atoms. The minimum Gasteiger partial charge on any atom is -0.306 e. The largest absolute Gasteiger partial charge is 0.306 e. The Balaban J connectivity index is 2.33. The van der Waals surface area contributed by atoms with E-state index < -0.39 is 0 Å². The molecule has 2 heterocycles. The van der Waals surface area contributed by atoms with Crippen molar-refractivity contribution < 1.29 is 0 Å². The first-order valence-corrected chi connectivity index (χ1v) is 5.64. The van der Waals surface area contributed by atoms with Gasteiger partial charge in [-0.3, -0.25) is 9.48 Å². The number of aryl methyl sites for hydroxylation is 2. The van der Waals surface area contributed by atoms with Crippen molar-refractivity contribution >= 4 is 10.9 Å². The summed E-state index contributed by atoms with van der Waals surface area (Å²) in [6, 6.07) is 5.58. The summed E-state index contributed by atoms with van der Waals surface area (Å²) in [5, 5.41) is 4.69. The highest BCUT2D eigenvalue weighted by molar-refractivity contribution is 5.82. The first kappa shape index (κ1) is 10.7. The zero-order chi connectivity index (χ0) is 12.7. The molecular weight excluding hydrogens is 228 g/mol. The number of fused-ring (bicyclic) bond motifs is 1. The summed E-state index contributed by atoms with van der Waals surface area (Å²) >= 11 is 0. The summed E-state index contributed by atoms with van der Waals surface area (Å²) in [5.41, 5.74) is 2.41.